The summed E-state index contributed by atoms with van der Waals surface area (Å²) in [7, 11) is 0. The summed E-state index contributed by atoms with van der Waals surface area (Å²) in [5.74, 6) is 0.925. The molecule has 0 aliphatic rings. The van der Waals surface area contributed by atoms with Gasteiger partial charge in [-0.2, -0.15) is 0 Å². The van der Waals surface area contributed by atoms with Crippen molar-refractivity contribution in [3.05, 3.63) is 66.4 Å². The molecule has 2 nitrogen and oxygen atoms in total. The second-order valence-corrected chi connectivity index (χ2v) is 4.29. The Hall–Kier alpha value is -2.22. The maximum absolute atomic E-state index is 5.69. The van der Waals surface area contributed by atoms with E-state index in [1.54, 1.807) is 0 Å². The molecular weight excluding hydrogens is 222 g/mol. The number of nitrogens with one attached hydrogen (secondary N) is 1. The van der Waals surface area contributed by atoms with Crippen molar-refractivity contribution in [1.29, 1.82) is 0 Å². The summed E-state index contributed by atoms with van der Waals surface area (Å²) in [5, 5.41) is 1.26. The number of aromatic nitrogens is 1. The molecule has 90 valence electrons. The van der Waals surface area contributed by atoms with E-state index < -0.39 is 0 Å². The molecule has 1 aromatic heterocycles. The molecule has 0 aliphatic carbocycles. The molecule has 0 atom stereocenters. The van der Waals surface area contributed by atoms with Crippen LogP contribution in [0.3, 0.4) is 0 Å². The van der Waals surface area contributed by atoms with Gasteiger partial charge in [0.15, 0.2) is 0 Å². The van der Waals surface area contributed by atoms with Gasteiger partial charge < -0.3 is 9.72 Å². The second-order valence-electron chi connectivity index (χ2n) is 4.29. The lowest BCUT2D eigenvalue weighted by Gasteiger charge is -2.04. The number of benzene rings is 2. The molecule has 18 heavy (non-hydrogen) atoms. The average Bonchev–Trinajstić information content (AvgIpc) is 2.82. The molecule has 3 rings (SSSR count). The summed E-state index contributed by atoms with van der Waals surface area (Å²) in [5.41, 5.74) is 2.40. The Kier molecular flexibility index (Phi) is 3.01. The lowest BCUT2D eigenvalue weighted by molar-refractivity contribution is 0.321. The summed E-state index contributed by atoms with van der Waals surface area (Å²) in [4.78, 5) is 3.40. The molecule has 0 saturated heterocycles. The van der Waals surface area contributed by atoms with Crippen LogP contribution in [0.2, 0.25) is 0 Å². The third kappa shape index (κ3) is 2.38. The zero-order chi connectivity index (χ0) is 12.2. The average molecular weight is 237 g/mol. The molecule has 0 spiro atoms. The second kappa shape index (κ2) is 4.96. The van der Waals surface area contributed by atoms with Gasteiger partial charge in [-0.1, -0.05) is 36.4 Å². The number of fused-ring (bicyclic) bond motifs is 1. The molecule has 0 aliphatic heterocycles. The zero-order valence-corrected chi connectivity index (χ0v) is 10.1. The van der Waals surface area contributed by atoms with Crippen molar-refractivity contribution < 1.29 is 4.74 Å². The summed E-state index contributed by atoms with van der Waals surface area (Å²) < 4.78 is 5.69. The van der Waals surface area contributed by atoms with E-state index in [1.807, 2.05) is 36.4 Å². The van der Waals surface area contributed by atoms with Crippen LogP contribution < -0.4 is 4.74 Å². The Morgan fingerprint density at radius 3 is 2.50 bits per heavy atom. The standard InChI is InChI=1S/C16H15NO/c1-2-7-15(8-3-1)18-11-10-14-12-13-6-4-5-9-16(13)17-14/h1-9,12,17H,10-11H2. The summed E-state index contributed by atoms with van der Waals surface area (Å²) in [6, 6.07) is 20.4. The van der Waals surface area contributed by atoms with Gasteiger partial charge in [0.05, 0.1) is 6.61 Å². The topological polar surface area (TPSA) is 25.0 Å². The minimum absolute atomic E-state index is 0.691. The van der Waals surface area contributed by atoms with Crippen molar-refractivity contribution in [3.8, 4) is 5.75 Å². The first-order chi connectivity index (χ1) is 8.92. The molecule has 3 aromatic rings. The molecule has 0 saturated carbocycles. The van der Waals surface area contributed by atoms with Gasteiger partial charge in [0.25, 0.3) is 0 Å². The molecule has 1 N–H and O–H groups in total. The van der Waals surface area contributed by atoms with Crippen molar-refractivity contribution in [2.75, 3.05) is 6.61 Å². The summed E-state index contributed by atoms with van der Waals surface area (Å²) >= 11 is 0. The Bertz CT molecular complexity index is 595. The Morgan fingerprint density at radius 2 is 1.67 bits per heavy atom. The van der Waals surface area contributed by atoms with E-state index in [2.05, 4.69) is 29.2 Å². The van der Waals surface area contributed by atoms with Crippen LogP contribution in [0.15, 0.2) is 60.7 Å². The van der Waals surface area contributed by atoms with Gasteiger partial charge in [-0.25, -0.2) is 0 Å². The van der Waals surface area contributed by atoms with Gasteiger partial charge in [-0.05, 0) is 29.7 Å². The van der Waals surface area contributed by atoms with Gasteiger partial charge in [-0.3, -0.25) is 0 Å². The normalized spacial score (nSPS) is 10.7. The highest BCUT2D eigenvalue weighted by Crippen LogP contribution is 2.15. The lowest BCUT2D eigenvalue weighted by atomic mass is 10.2. The Balaban J connectivity index is 1.63. The molecule has 0 bridgehead atoms. The monoisotopic (exact) mass is 237 g/mol. The lowest BCUT2D eigenvalue weighted by Crippen LogP contribution is -2.01. The molecule has 1 heterocycles. The minimum atomic E-state index is 0.691. The first-order valence-electron chi connectivity index (χ1n) is 6.16. The third-order valence-corrected chi connectivity index (χ3v) is 2.97. The van der Waals surface area contributed by atoms with E-state index in [1.165, 1.54) is 16.6 Å². The van der Waals surface area contributed by atoms with Crippen LogP contribution in [0.25, 0.3) is 10.9 Å². The van der Waals surface area contributed by atoms with Crippen molar-refractivity contribution >= 4 is 10.9 Å². The van der Waals surface area contributed by atoms with E-state index >= 15 is 0 Å². The van der Waals surface area contributed by atoms with Crippen LogP contribution in [-0.4, -0.2) is 11.6 Å². The highest BCUT2D eigenvalue weighted by molar-refractivity contribution is 5.80. The van der Waals surface area contributed by atoms with Crippen LogP contribution in [-0.2, 0) is 6.42 Å². The van der Waals surface area contributed by atoms with E-state index in [9.17, 15) is 0 Å². The fraction of sp³-hybridized carbons (Fsp3) is 0.125. The van der Waals surface area contributed by atoms with Crippen molar-refractivity contribution in [3.63, 3.8) is 0 Å². The van der Waals surface area contributed by atoms with Gasteiger partial charge in [0, 0.05) is 17.6 Å². The number of rotatable bonds is 4. The number of hydrogen-bond donors (Lipinski definition) is 1. The van der Waals surface area contributed by atoms with E-state index in [4.69, 9.17) is 4.74 Å². The van der Waals surface area contributed by atoms with Crippen molar-refractivity contribution in [1.82, 2.24) is 4.98 Å². The molecule has 2 heteroatoms. The predicted molar refractivity (Wildman–Crippen MR) is 73.9 cm³/mol. The highest BCUT2D eigenvalue weighted by atomic mass is 16.5. The Labute approximate surface area is 106 Å². The Morgan fingerprint density at radius 1 is 0.889 bits per heavy atom. The molecular formula is C16H15NO. The van der Waals surface area contributed by atoms with Crippen LogP contribution in [0.5, 0.6) is 5.75 Å². The third-order valence-electron chi connectivity index (χ3n) is 2.97. The minimum Gasteiger partial charge on any atom is -0.493 e. The quantitative estimate of drug-likeness (QED) is 0.733. The van der Waals surface area contributed by atoms with Crippen LogP contribution >= 0.6 is 0 Å². The number of H-pyrrole nitrogens is 1. The maximum Gasteiger partial charge on any atom is 0.119 e. The van der Waals surface area contributed by atoms with Crippen molar-refractivity contribution in [2.45, 2.75) is 6.42 Å². The first kappa shape index (κ1) is 10.9. The fourth-order valence-electron chi connectivity index (χ4n) is 2.06. The molecule has 2 aromatic carbocycles. The fourth-order valence-corrected chi connectivity index (χ4v) is 2.06. The van der Waals surface area contributed by atoms with E-state index in [0.29, 0.717) is 6.61 Å². The molecule has 0 radical (unpaired) electrons. The summed E-state index contributed by atoms with van der Waals surface area (Å²) in [6.07, 6.45) is 0.892. The van der Waals surface area contributed by atoms with Crippen molar-refractivity contribution in [2.24, 2.45) is 0 Å². The largest absolute Gasteiger partial charge is 0.493 e. The zero-order valence-electron chi connectivity index (χ0n) is 10.1. The van der Waals surface area contributed by atoms with Crippen LogP contribution in [0.1, 0.15) is 5.69 Å². The molecule has 0 amide bonds. The van der Waals surface area contributed by atoms with Gasteiger partial charge >= 0.3 is 0 Å². The summed E-state index contributed by atoms with van der Waals surface area (Å²) in [6.45, 7) is 0.691. The first-order valence-corrected chi connectivity index (χ1v) is 6.16. The van der Waals surface area contributed by atoms with Gasteiger partial charge in [0.2, 0.25) is 0 Å². The number of aromatic amines is 1. The van der Waals surface area contributed by atoms with E-state index in [0.717, 1.165) is 12.2 Å². The van der Waals surface area contributed by atoms with Gasteiger partial charge in [-0.15, -0.1) is 0 Å². The number of ether oxygens (including phenoxy) is 1. The number of para-hydroxylation sites is 2. The smallest absolute Gasteiger partial charge is 0.119 e. The highest BCUT2D eigenvalue weighted by Gasteiger charge is 2.00. The maximum atomic E-state index is 5.69. The van der Waals surface area contributed by atoms with Crippen LogP contribution in [0, 0.1) is 0 Å². The van der Waals surface area contributed by atoms with E-state index in [-0.39, 0.29) is 0 Å². The SMILES string of the molecule is c1ccc(OCCc2cc3ccccc3[nH]2)cc1. The number of hydrogen-bond acceptors (Lipinski definition) is 1. The molecule has 0 fully saturated rings. The van der Waals surface area contributed by atoms with Gasteiger partial charge in [0.1, 0.15) is 5.75 Å². The predicted octanol–water partition coefficient (Wildman–Crippen LogP) is 3.79. The van der Waals surface area contributed by atoms with Crippen LogP contribution in [0.4, 0.5) is 0 Å². The molecule has 0 unspecified atom stereocenters.